The third kappa shape index (κ3) is 8.99. The topological polar surface area (TPSA) is 236 Å². The van der Waals surface area contributed by atoms with E-state index in [0.29, 0.717) is 39.3 Å². The highest BCUT2D eigenvalue weighted by atomic mass is 32.2. The number of anilines is 6. The Bertz CT molecular complexity index is 3250. The van der Waals surface area contributed by atoms with Crippen molar-refractivity contribution in [3.8, 4) is 22.3 Å². The van der Waals surface area contributed by atoms with Gasteiger partial charge in [0.1, 0.15) is 42.7 Å². The van der Waals surface area contributed by atoms with Crippen molar-refractivity contribution in [2.24, 2.45) is 25.6 Å². The van der Waals surface area contributed by atoms with Crippen LogP contribution in [0.15, 0.2) is 69.9 Å². The second-order valence-corrected chi connectivity index (χ2v) is 23.6. The predicted molar refractivity (Wildman–Crippen MR) is 270 cm³/mol. The Morgan fingerprint density at radius 2 is 1.24 bits per heavy atom. The van der Waals surface area contributed by atoms with E-state index in [1.165, 1.54) is 41.1 Å². The molecule has 2 saturated heterocycles. The van der Waals surface area contributed by atoms with Gasteiger partial charge in [-0.25, -0.2) is 31.2 Å². The standard InChI is InChI=1S/C22H29N9O2S2.C21H27N9OS2/c1-14-8-20(34-22(14)35(32,33)28(2)3)26-19-9-18(30-7-5-6-16(30)10-23)27-21-17(12-25-31(19)21)15-11-24-29(4)13-15;1-13-7-19(32-21(13)33(31)27(2)3)25-18-8-17(29-6-5-15(29)9-22)26-20-16(11-24-30(18)20)14-10-23-28(4)12-14/h8-9,11-13,16,26H,5-7,10,23H2,1-4H3;7-8,10-12,15,25H,5-6,9,22H2,1-4H3. The van der Waals surface area contributed by atoms with Gasteiger partial charge in [0, 0.05) is 113 Å². The molecule has 6 N–H and O–H groups in total. The quantitative estimate of drug-likeness (QED) is 0.115. The number of aryl methyl sites for hydroxylation is 4. The maximum absolute atomic E-state index is 12.7. The van der Waals surface area contributed by atoms with Crippen molar-refractivity contribution >= 4 is 88.3 Å². The average Bonchev–Trinajstić information content (AvgIpc) is 4.15. The lowest BCUT2D eigenvalue weighted by atomic mass is 10.0. The first kappa shape index (κ1) is 47.3. The molecule has 10 rings (SSSR count). The van der Waals surface area contributed by atoms with Crippen LogP contribution in [0.4, 0.5) is 33.3 Å². The number of sulfonamides is 1. The van der Waals surface area contributed by atoms with Gasteiger partial charge in [-0.15, -0.1) is 22.7 Å². The van der Waals surface area contributed by atoms with Crippen molar-refractivity contribution in [3.63, 3.8) is 0 Å². The summed E-state index contributed by atoms with van der Waals surface area (Å²) in [6, 6.07) is 8.34. The molecule has 0 aliphatic carbocycles. The first-order chi connectivity index (χ1) is 32.5. The summed E-state index contributed by atoms with van der Waals surface area (Å²) in [6.45, 7) is 6.73. The molecular formula is C43H56N18O3S4. The van der Waals surface area contributed by atoms with Crippen LogP contribution in [0.1, 0.15) is 30.4 Å². The Balaban J connectivity index is 0.000000170. The first-order valence-corrected chi connectivity index (χ1v) is 26.2. The van der Waals surface area contributed by atoms with Crippen LogP contribution in [0.3, 0.4) is 0 Å². The van der Waals surface area contributed by atoms with Crippen molar-refractivity contribution in [2.45, 2.75) is 53.6 Å². The van der Waals surface area contributed by atoms with Gasteiger partial charge in [0.25, 0.3) is 10.0 Å². The van der Waals surface area contributed by atoms with E-state index in [4.69, 9.17) is 21.4 Å². The Morgan fingerprint density at radius 3 is 1.71 bits per heavy atom. The molecule has 68 heavy (non-hydrogen) atoms. The Kier molecular flexibility index (Phi) is 13.2. The Morgan fingerprint density at radius 1 is 0.721 bits per heavy atom. The van der Waals surface area contributed by atoms with Gasteiger partial charge in [-0.1, -0.05) is 0 Å². The van der Waals surface area contributed by atoms with Crippen LogP contribution in [0, 0.1) is 13.8 Å². The lowest BCUT2D eigenvalue weighted by Gasteiger charge is -2.41. The summed E-state index contributed by atoms with van der Waals surface area (Å²) in [5.41, 5.74) is 18.8. The Hall–Kier alpha value is -5.80. The number of thiophene rings is 2. The summed E-state index contributed by atoms with van der Waals surface area (Å²) in [7, 11) is 5.72. The van der Waals surface area contributed by atoms with E-state index >= 15 is 0 Å². The van der Waals surface area contributed by atoms with E-state index < -0.39 is 21.0 Å². The molecule has 21 nitrogen and oxygen atoms in total. The number of hydrogen-bond acceptors (Lipinski definition) is 17. The minimum Gasteiger partial charge on any atom is -0.352 e. The molecule has 2 aliphatic heterocycles. The minimum absolute atomic E-state index is 0.225. The molecule has 0 saturated carbocycles. The molecule has 8 aromatic heterocycles. The maximum Gasteiger partial charge on any atom is 0.252 e. The molecule has 0 amide bonds. The van der Waals surface area contributed by atoms with Crippen LogP contribution < -0.4 is 31.9 Å². The van der Waals surface area contributed by atoms with Crippen molar-refractivity contribution in [3.05, 3.63) is 72.6 Å². The van der Waals surface area contributed by atoms with Crippen molar-refractivity contribution in [1.29, 1.82) is 0 Å². The Labute approximate surface area is 405 Å². The van der Waals surface area contributed by atoms with Gasteiger partial charge in [0.2, 0.25) is 0 Å². The molecule has 0 aromatic carbocycles. The summed E-state index contributed by atoms with van der Waals surface area (Å²) in [5, 5.41) is 26.3. The van der Waals surface area contributed by atoms with Gasteiger partial charge in [-0.2, -0.15) is 29.4 Å². The zero-order chi connectivity index (χ0) is 48.2. The summed E-state index contributed by atoms with van der Waals surface area (Å²) in [4.78, 5) is 14.4. The highest BCUT2D eigenvalue weighted by molar-refractivity contribution is 7.91. The smallest absolute Gasteiger partial charge is 0.252 e. The predicted octanol–water partition coefficient (Wildman–Crippen LogP) is 4.79. The number of fused-ring (bicyclic) bond motifs is 2. The second kappa shape index (κ2) is 18.9. The summed E-state index contributed by atoms with van der Waals surface area (Å²) >= 11 is 2.68. The minimum atomic E-state index is -3.54. The molecule has 3 atom stereocenters. The SMILES string of the molecule is Cc1cc(Nc2cc(N3CCC3CN)nc3c(-c4cnn(C)c4)cnn23)sc1S(=O)N(C)C.Cc1cc(Nc2cc(N3CCCC3CN)nc3c(-c4cnn(C)c4)cnn23)sc1S(=O)(=O)N(C)C. The number of nitrogens with one attached hydrogen (secondary N) is 2. The number of rotatable bonds is 14. The van der Waals surface area contributed by atoms with Gasteiger partial charge in [-0.05, 0) is 70.5 Å². The zero-order valence-electron chi connectivity index (χ0n) is 39.2. The molecule has 2 aliphatic rings. The zero-order valence-corrected chi connectivity index (χ0v) is 42.4. The largest absolute Gasteiger partial charge is 0.352 e. The van der Waals surface area contributed by atoms with Crippen LogP contribution in [0.5, 0.6) is 0 Å². The maximum atomic E-state index is 12.7. The highest BCUT2D eigenvalue weighted by Crippen LogP contribution is 2.38. The highest BCUT2D eigenvalue weighted by Gasteiger charge is 2.30. The van der Waals surface area contributed by atoms with Crippen molar-refractivity contribution in [1.82, 2.24) is 57.4 Å². The third-order valence-corrected chi connectivity index (χ3v) is 18.6. The van der Waals surface area contributed by atoms with Crippen molar-refractivity contribution in [2.75, 3.05) is 74.8 Å². The molecule has 10 heterocycles. The van der Waals surface area contributed by atoms with Gasteiger partial charge < -0.3 is 31.9 Å². The molecule has 0 radical (unpaired) electrons. The molecular weight excluding hydrogens is 945 g/mol. The number of nitrogens with zero attached hydrogens (tertiary/aromatic N) is 14. The normalized spacial score (nSPS) is 16.8. The fourth-order valence-electron chi connectivity index (χ4n) is 8.34. The lowest BCUT2D eigenvalue weighted by molar-refractivity contribution is 0.452. The van der Waals surface area contributed by atoms with Crippen LogP contribution in [-0.4, -0.2) is 136 Å². The molecule has 25 heteroatoms. The van der Waals surface area contributed by atoms with E-state index in [1.54, 1.807) is 42.0 Å². The van der Waals surface area contributed by atoms with E-state index in [0.717, 1.165) is 92.5 Å². The summed E-state index contributed by atoms with van der Waals surface area (Å²) in [5.74, 6) is 3.16. The molecule has 360 valence electrons. The fourth-order valence-corrected chi connectivity index (χ4v) is 13.6. The van der Waals surface area contributed by atoms with Crippen LogP contribution in [0.25, 0.3) is 33.5 Å². The van der Waals surface area contributed by atoms with E-state index in [2.05, 4.69) is 40.8 Å². The average molecular weight is 1000 g/mol. The summed E-state index contributed by atoms with van der Waals surface area (Å²) in [6.07, 6.45) is 14.2. The monoisotopic (exact) mass is 1000 g/mol. The number of nitrogens with two attached hydrogens (primary N) is 2. The van der Waals surface area contributed by atoms with Gasteiger partial charge in [0.05, 0.1) is 34.8 Å². The third-order valence-electron chi connectivity index (χ3n) is 12.1. The van der Waals surface area contributed by atoms with E-state index in [9.17, 15) is 12.6 Å². The number of hydrogen-bond donors (Lipinski definition) is 4. The fraction of sp³-hybridized carbons (Fsp3) is 0.395. The van der Waals surface area contributed by atoms with Crippen LogP contribution in [0.2, 0.25) is 0 Å². The van der Waals surface area contributed by atoms with Crippen LogP contribution in [-0.2, 0) is 35.1 Å². The molecule has 0 bridgehead atoms. The number of aromatic nitrogens is 10. The molecule has 8 aromatic rings. The molecule has 2 fully saturated rings. The van der Waals surface area contributed by atoms with E-state index in [-0.39, 0.29) is 12.1 Å². The lowest BCUT2D eigenvalue weighted by Crippen LogP contribution is -2.52. The second-order valence-electron chi connectivity index (χ2n) is 17.2. The van der Waals surface area contributed by atoms with Gasteiger partial charge in [-0.3, -0.25) is 9.36 Å². The van der Waals surface area contributed by atoms with Crippen LogP contribution >= 0.6 is 22.7 Å². The van der Waals surface area contributed by atoms with Gasteiger partial charge in [0.15, 0.2) is 11.3 Å². The molecule has 0 spiro atoms. The van der Waals surface area contributed by atoms with Crippen molar-refractivity contribution < 1.29 is 12.6 Å². The van der Waals surface area contributed by atoms with E-state index in [1.807, 2.05) is 84.2 Å². The van der Waals surface area contributed by atoms with Gasteiger partial charge >= 0.3 is 0 Å². The molecule has 3 unspecified atom stereocenters. The first-order valence-electron chi connectivity index (χ1n) is 22.0. The summed E-state index contributed by atoms with van der Waals surface area (Å²) < 4.78 is 49.3.